The maximum atomic E-state index is 12.6. The molecule has 0 spiro atoms. The summed E-state index contributed by atoms with van der Waals surface area (Å²) in [7, 11) is 1.80. The van der Waals surface area contributed by atoms with Gasteiger partial charge in [0.2, 0.25) is 0 Å². The smallest absolute Gasteiger partial charge is 0.267 e. The van der Waals surface area contributed by atoms with E-state index >= 15 is 0 Å². The van der Waals surface area contributed by atoms with Gasteiger partial charge in [-0.2, -0.15) is 0 Å². The molecule has 1 amide bonds. The van der Waals surface area contributed by atoms with Crippen molar-refractivity contribution in [1.29, 1.82) is 0 Å². The van der Waals surface area contributed by atoms with Gasteiger partial charge in [-0.1, -0.05) is 23.5 Å². The van der Waals surface area contributed by atoms with Crippen molar-refractivity contribution in [2.45, 2.75) is 20.8 Å². The van der Waals surface area contributed by atoms with E-state index in [0.717, 1.165) is 16.9 Å². The number of nitrogens with one attached hydrogen (secondary N) is 3. The molecule has 2 heterocycles. The highest BCUT2D eigenvalue weighted by molar-refractivity contribution is 7.17. The van der Waals surface area contributed by atoms with Crippen molar-refractivity contribution in [1.82, 2.24) is 9.97 Å². The molecule has 0 bridgehead atoms. The van der Waals surface area contributed by atoms with Crippen molar-refractivity contribution < 1.29 is 19.1 Å². The van der Waals surface area contributed by atoms with Gasteiger partial charge in [-0.15, -0.1) is 0 Å². The van der Waals surface area contributed by atoms with Gasteiger partial charge in [0, 0.05) is 18.2 Å². The summed E-state index contributed by atoms with van der Waals surface area (Å²) in [4.78, 5) is 31.8. The van der Waals surface area contributed by atoms with Crippen LogP contribution < -0.4 is 16.0 Å². The van der Waals surface area contributed by atoms with Gasteiger partial charge in [0.15, 0.2) is 5.13 Å². The highest BCUT2D eigenvalue weighted by Gasteiger charge is 2.15. The average molecular weight is 508 g/mol. The van der Waals surface area contributed by atoms with Crippen LogP contribution in [0.15, 0.2) is 54.7 Å². The summed E-state index contributed by atoms with van der Waals surface area (Å²) in [6.45, 7) is 5.59. The fourth-order valence-corrected chi connectivity index (χ4v) is 3.79. The monoisotopic (exact) mass is 507 g/mol. The van der Waals surface area contributed by atoms with E-state index in [1.807, 2.05) is 26.0 Å². The molecule has 4 N–H and O–H groups in total. The highest BCUT2D eigenvalue weighted by atomic mass is 32.1. The topological polar surface area (TPSA) is 116 Å². The Bertz CT molecular complexity index is 1370. The Hall–Kier alpha value is -4.31. The Morgan fingerprint density at radius 3 is 2.39 bits per heavy atom. The largest absolute Gasteiger partial charge is 0.508 e. The number of halogens is 1. The molecule has 0 atom stereocenters. The third kappa shape index (κ3) is 6.63. The first-order chi connectivity index (χ1) is 17.2. The predicted molar refractivity (Wildman–Crippen MR) is 141 cm³/mol. The lowest BCUT2D eigenvalue weighted by atomic mass is 10.1. The molecule has 0 aliphatic carbocycles. The summed E-state index contributed by atoms with van der Waals surface area (Å²) in [6.07, 6.45) is 2.20. The molecule has 0 saturated heterocycles. The molecule has 0 fully saturated rings. The number of hydrogen-bond acceptors (Lipinski definition) is 8. The highest BCUT2D eigenvalue weighted by Crippen LogP contribution is 2.30. The normalized spacial score (nSPS) is 10.1. The van der Waals surface area contributed by atoms with Crippen LogP contribution in [0.25, 0.3) is 0 Å². The molecule has 0 radical (unpaired) electrons. The number of anilines is 4. The molecule has 0 aliphatic heterocycles. The second-order valence-corrected chi connectivity index (χ2v) is 8.82. The van der Waals surface area contributed by atoms with E-state index in [1.54, 1.807) is 26.1 Å². The first kappa shape index (κ1) is 26.3. The Labute approximate surface area is 212 Å². The second-order valence-electron chi connectivity index (χ2n) is 7.79. The van der Waals surface area contributed by atoms with Gasteiger partial charge in [-0.25, -0.2) is 14.4 Å². The molecule has 4 rings (SSSR count). The first-order valence-corrected chi connectivity index (χ1v) is 11.7. The Kier molecular flexibility index (Phi) is 8.69. The second kappa shape index (κ2) is 11.9. The lowest BCUT2D eigenvalue weighted by Gasteiger charge is -2.12. The van der Waals surface area contributed by atoms with Crippen molar-refractivity contribution in [3.8, 4) is 5.75 Å². The first-order valence-electron chi connectivity index (χ1n) is 10.9. The number of aldehydes is 1. The van der Waals surface area contributed by atoms with Gasteiger partial charge in [0.05, 0.1) is 11.9 Å². The number of phenolic OH excluding ortho intramolecular Hbond substituents is 1. The van der Waals surface area contributed by atoms with E-state index in [1.165, 1.54) is 41.8 Å². The van der Waals surface area contributed by atoms with Gasteiger partial charge in [-0.05, 0) is 68.3 Å². The lowest BCUT2D eigenvalue weighted by Crippen LogP contribution is -2.12. The fourth-order valence-electron chi connectivity index (χ4n) is 3.08. The van der Waals surface area contributed by atoms with Crippen LogP contribution in [-0.4, -0.2) is 34.3 Å². The quantitative estimate of drug-likeness (QED) is 0.242. The van der Waals surface area contributed by atoms with Crippen LogP contribution in [-0.2, 0) is 0 Å². The standard InChI is InChI=1S/C19H21N5O2S.C7H5FO/c1-10-5-7-13(25)12(3)16(10)23-18(26)14-9-21-19(27-14)24-17-11(2)6-8-15(20-4)22-17;8-7-3-1-6(5-9)2-4-7/h5-9,25H,1-4H3,(H,23,26)(H2,20,21,22,24);1-5H. The molecule has 186 valence electrons. The number of aryl methyl sites for hydroxylation is 2. The molecule has 36 heavy (non-hydrogen) atoms. The van der Waals surface area contributed by atoms with Crippen LogP contribution in [0.3, 0.4) is 0 Å². The number of nitrogens with zero attached hydrogens (tertiary/aromatic N) is 2. The summed E-state index contributed by atoms with van der Waals surface area (Å²) < 4.78 is 12.1. The van der Waals surface area contributed by atoms with Crippen LogP contribution in [0.5, 0.6) is 5.75 Å². The predicted octanol–water partition coefficient (Wildman–Crippen LogP) is 5.84. The number of rotatable bonds is 6. The Morgan fingerprint density at radius 1 is 1.03 bits per heavy atom. The third-order valence-electron chi connectivity index (χ3n) is 5.20. The van der Waals surface area contributed by atoms with E-state index in [4.69, 9.17) is 0 Å². The minimum absolute atomic E-state index is 0.147. The van der Waals surface area contributed by atoms with Crippen LogP contribution >= 0.6 is 11.3 Å². The number of carbonyl (C=O) groups is 2. The maximum Gasteiger partial charge on any atom is 0.267 e. The third-order valence-corrected chi connectivity index (χ3v) is 6.11. The van der Waals surface area contributed by atoms with Crippen LogP contribution in [0.1, 0.15) is 36.7 Å². The zero-order valence-electron chi connectivity index (χ0n) is 20.2. The molecule has 0 unspecified atom stereocenters. The number of amides is 1. The van der Waals surface area contributed by atoms with Crippen molar-refractivity contribution in [2.24, 2.45) is 0 Å². The number of benzene rings is 2. The summed E-state index contributed by atoms with van der Waals surface area (Å²) in [6, 6.07) is 12.6. The van der Waals surface area contributed by atoms with Crippen LogP contribution in [0.4, 0.5) is 26.8 Å². The molecule has 8 nitrogen and oxygen atoms in total. The average Bonchev–Trinajstić information content (AvgIpc) is 3.35. The summed E-state index contributed by atoms with van der Waals surface area (Å²) >= 11 is 1.24. The SMILES string of the molecule is CNc1ccc(C)c(Nc2ncc(C(=O)Nc3c(C)ccc(O)c3C)s2)n1.O=Cc1ccc(F)cc1. The summed E-state index contributed by atoms with van der Waals surface area (Å²) in [5.41, 5.74) is 3.60. The van der Waals surface area contributed by atoms with E-state index in [-0.39, 0.29) is 17.5 Å². The lowest BCUT2D eigenvalue weighted by molar-refractivity contribution is 0.102. The minimum Gasteiger partial charge on any atom is -0.508 e. The van der Waals surface area contributed by atoms with Gasteiger partial charge < -0.3 is 21.1 Å². The number of aromatic hydroxyl groups is 1. The molecule has 2 aromatic carbocycles. The Morgan fingerprint density at radius 2 is 1.72 bits per heavy atom. The van der Waals surface area contributed by atoms with Crippen molar-refractivity contribution in [2.75, 3.05) is 23.0 Å². The summed E-state index contributed by atoms with van der Waals surface area (Å²) in [5.74, 6) is 0.982. The molecule has 0 saturated carbocycles. The number of carbonyl (C=O) groups excluding carboxylic acids is 2. The van der Waals surface area contributed by atoms with E-state index in [0.29, 0.717) is 38.9 Å². The maximum absolute atomic E-state index is 12.6. The fraction of sp³-hybridized carbons (Fsp3) is 0.154. The molecule has 2 aromatic heterocycles. The van der Waals surface area contributed by atoms with Gasteiger partial charge in [0.1, 0.15) is 34.4 Å². The number of hydrogen-bond donors (Lipinski definition) is 4. The molecule has 4 aromatic rings. The molecular weight excluding hydrogens is 481 g/mol. The number of aromatic nitrogens is 2. The number of thiazole rings is 1. The van der Waals surface area contributed by atoms with Gasteiger partial charge >= 0.3 is 0 Å². The summed E-state index contributed by atoms with van der Waals surface area (Å²) in [5, 5.41) is 19.4. The van der Waals surface area contributed by atoms with Crippen molar-refractivity contribution in [3.05, 3.63) is 87.7 Å². The zero-order valence-corrected chi connectivity index (χ0v) is 21.0. The van der Waals surface area contributed by atoms with E-state index in [9.17, 15) is 19.1 Å². The zero-order chi connectivity index (χ0) is 26.2. The minimum atomic E-state index is -0.319. The van der Waals surface area contributed by atoms with E-state index < -0.39 is 0 Å². The van der Waals surface area contributed by atoms with Crippen LogP contribution in [0.2, 0.25) is 0 Å². The molecule has 0 aliphatic rings. The van der Waals surface area contributed by atoms with Crippen LogP contribution in [0, 0.1) is 26.6 Å². The van der Waals surface area contributed by atoms with Gasteiger partial charge in [0.25, 0.3) is 5.91 Å². The molecular formula is C26H26FN5O3S. The molecule has 10 heteroatoms. The Balaban J connectivity index is 0.000000338. The van der Waals surface area contributed by atoms with Crippen molar-refractivity contribution >= 4 is 46.0 Å². The van der Waals surface area contributed by atoms with Gasteiger partial charge in [-0.3, -0.25) is 9.59 Å². The number of phenols is 1. The van der Waals surface area contributed by atoms with Crippen molar-refractivity contribution in [3.63, 3.8) is 0 Å². The van der Waals surface area contributed by atoms with E-state index in [2.05, 4.69) is 25.9 Å². The number of pyridine rings is 1.